The predicted molar refractivity (Wildman–Crippen MR) is 62.5 cm³/mol. The molecule has 1 unspecified atom stereocenters. The molecule has 0 aromatic carbocycles. The number of rotatable bonds is 4. The SMILES string of the molecule is C=C(C)[C@@H]1CC[C@@H](C)C[C@H]1C(O)CCO. The normalized spacial score (nSPS) is 33.7. The molecule has 0 aromatic rings. The van der Waals surface area contributed by atoms with Crippen molar-refractivity contribution < 1.29 is 10.2 Å². The molecule has 1 aliphatic carbocycles. The van der Waals surface area contributed by atoms with Gasteiger partial charge in [0.1, 0.15) is 0 Å². The van der Waals surface area contributed by atoms with Crippen LogP contribution in [0, 0.1) is 17.8 Å². The Balaban J connectivity index is 2.65. The molecule has 2 nitrogen and oxygen atoms in total. The maximum absolute atomic E-state index is 10.0. The van der Waals surface area contributed by atoms with Gasteiger partial charge in [0.25, 0.3) is 0 Å². The fourth-order valence-corrected chi connectivity index (χ4v) is 2.81. The lowest BCUT2D eigenvalue weighted by molar-refractivity contribution is 0.0274. The minimum atomic E-state index is -0.362. The minimum absolute atomic E-state index is 0.0783. The zero-order valence-electron chi connectivity index (χ0n) is 9.95. The highest BCUT2D eigenvalue weighted by atomic mass is 16.3. The van der Waals surface area contributed by atoms with Crippen LogP contribution < -0.4 is 0 Å². The topological polar surface area (TPSA) is 40.5 Å². The Hall–Kier alpha value is -0.340. The quantitative estimate of drug-likeness (QED) is 0.702. The summed E-state index contributed by atoms with van der Waals surface area (Å²) in [4.78, 5) is 0. The van der Waals surface area contributed by atoms with E-state index < -0.39 is 0 Å². The maximum Gasteiger partial charge on any atom is 0.0596 e. The Morgan fingerprint density at radius 3 is 2.67 bits per heavy atom. The van der Waals surface area contributed by atoms with Crippen LogP contribution in [0.3, 0.4) is 0 Å². The summed E-state index contributed by atoms with van der Waals surface area (Å²) in [6.45, 7) is 8.40. The predicted octanol–water partition coefficient (Wildman–Crippen LogP) is 2.36. The molecule has 2 N–H and O–H groups in total. The standard InChI is InChI=1S/C13H24O2/c1-9(2)11-5-4-10(3)8-12(11)13(15)6-7-14/h10-15H,1,4-8H2,2-3H3/t10-,11+,12-,13?/m1/s1. The van der Waals surface area contributed by atoms with Crippen LogP contribution in [0.1, 0.15) is 39.5 Å². The average Bonchev–Trinajstić information content (AvgIpc) is 2.17. The molecule has 1 rings (SSSR count). The van der Waals surface area contributed by atoms with Crippen molar-refractivity contribution in [1.29, 1.82) is 0 Å². The molecule has 0 aromatic heterocycles. The van der Waals surface area contributed by atoms with Gasteiger partial charge < -0.3 is 10.2 Å². The molecule has 1 saturated carbocycles. The Kier molecular flexibility index (Phi) is 4.81. The number of allylic oxidation sites excluding steroid dienone is 1. The van der Waals surface area contributed by atoms with Crippen molar-refractivity contribution >= 4 is 0 Å². The fraction of sp³-hybridized carbons (Fsp3) is 0.846. The number of aliphatic hydroxyl groups is 2. The van der Waals surface area contributed by atoms with E-state index in [0.717, 1.165) is 12.8 Å². The fourth-order valence-electron chi connectivity index (χ4n) is 2.81. The first-order chi connectivity index (χ1) is 7.06. The van der Waals surface area contributed by atoms with Gasteiger partial charge in [-0.1, -0.05) is 25.5 Å². The van der Waals surface area contributed by atoms with Gasteiger partial charge in [0.2, 0.25) is 0 Å². The van der Waals surface area contributed by atoms with Crippen molar-refractivity contribution in [1.82, 2.24) is 0 Å². The summed E-state index contributed by atoms with van der Waals surface area (Å²) < 4.78 is 0. The molecule has 88 valence electrons. The molecule has 0 radical (unpaired) electrons. The van der Waals surface area contributed by atoms with E-state index in [2.05, 4.69) is 20.4 Å². The summed E-state index contributed by atoms with van der Waals surface area (Å²) in [5.74, 6) is 1.44. The molecule has 4 atom stereocenters. The van der Waals surface area contributed by atoms with Gasteiger partial charge in [-0.2, -0.15) is 0 Å². The first-order valence-electron chi connectivity index (χ1n) is 6.00. The summed E-state index contributed by atoms with van der Waals surface area (Å²) in [5.41, 5.74) is 1.18. The number of aliphatic hydroxyl groups excluding tert-OH is 2. The van der Waals surface area contributed by atoms with E-state index in [1.807, 2.05) is 0 Å². The molecule has 0 heterocycles. The second kappa shape index (κ2) is 5.66. The van der Waals surface area contributed by atoms with Crippen molar-refractivity contribution in [3.63, 3.8) is 0 Å². The monoisotopic (exact) mass is 212 g/mol. The Labute approximate surface area is 93.0 Å². The molecule has 2 heteroatoms. The molecule has 1 fully saturated rings. The third-order valence-corrected chi connectivity index (χ3v) is 3.71. The Morgan fingerprint density at radius 1 is 1.47 bits per heavy atom. The third-order valence-electron chi connectivity index (χ3n) is 3.71. The highest BCUT2D eigenvalue weighted by molar-refractivity contribution is 5.02. The third kappa shape index (κ3) is 3.32. The second-order valence-corrected chi connectivity index (χ2v) is 5.11. The van der Waals surface area contributed by atoms with Crippen molar-refractivity contribution in [2.75, 3.05) is 6.61 Å². The average molecular weight is 212 g/mol. The first-order valence-corrected chi connectivity index (χ1v) is 6.00. The lowest BCUT2D eigenvalue weighted by Gasteiger charge is -2.38. The van der Waals surface area contributed by atoms with E-state index in [4.69, 9.17) is 5.11 Å². The molecular formula is C13H24O2. The van der Waals surface area contributed by atoms with Crippen molar-refractivity contribution in [3.05, 3.63) is 12.2 Å². The van der Waals surface area contributed by atoms with Crippen LogP contribution in [0.4, 0.5) is 0 Å². The van der Waals surface area contributed by atoms with E-state index in [1.165, 1.54) is 12.0 Å². The van der Waals surface area contributed by atoms with E-state index in [-0.39, 0.29) is 12.7 Å². The molecular weight excluding hydrogens is 188 g/mol. The molecule has 0 aliphatic heterocycles. The van der Waals surface area contributed by atoms with Gasteiger partial charge >= 0.3 is 0 Å². The van der Waals surface area contributed by atoms with Crippen LogP contribution >= 0.6 is 0 Å². The van der Waals surface area contributed by atoms with Gasteiger partial charge in [-0.25, -0.2) is 0 Å². The highest BCUT2D eigenvalue weighted by Gasteiger charge is 2.33. The summed E-state index contributed by atoms with van der Waals surface area (Å²) in [7, 11) is 0. The summed E-state index contributed by atoms with van der Waals surface area (Å²) in [6.07, 6.45) is 3.59. The largest absolute Gasteiger partial charge is 0.396 e. The molecule has 0 amide bonds. The lowest BCUT2D eigenvalue weighted by Crippen LogP contribution is -2.34. The molecule has 1 aliphatic rings. The first kappa shape index (κ1) is 12.7. The minimum Gasteiger partial charge on any atom is -0.396 e. The van der Waals surface area contributed by atoms with Crippen LogP contribution in [-0.4, -0.2) is 22.9 Å². The van der Waals surface area contributed by atoms with Gasteiger partial charge in [-0.15, -0.1) is 0 Å². The zero-order valence-corrected chi connectivity index (χ0v) is 9.95. The van der Waals surface area contributed by atoms with Crippen LogP contribution in [0.25, 0.3) is 0 Å². The van der Waals surface area contributed by atoms with Crippen LogP contribution in [-0.2, 0) is 0 Å². The van der Waals surface area contributed by atoms with Crippen LogP contribution in [0.5, 0.6) is 0 Å². The van der Waals surface area contributed by atoms with Crippen LogP contribution in [0.15, 0.2) is 12.2 Å². The molecule has 0 saturated heterocycles. The van der Waals surface area contributed by atoms with E-state index in [1.54, 1.807) is 0 Å². The van der Waals surface area contributed by atoms with E-state index in [9.17, 15) is 5.11 Å². The Morgan fingerprint density at radius 2 is 2.13 bits per heavy atom. The van der Waals surface area contributed by atoms with Crippen molar-refractivity contribution in [3.8, 4) is 0 Å². The second-order valence-electron chi connectivity index (χ2n) is 5.11. The molecule has 15 heavy (non-hydrogen) atoms. The zero-order chi connectivity index (χ0) is 11.4. The van der Waals surface area contributed by atoms with Crippen molar-refractivity contribution in [2.24, 2.45) is 17.8 Å². The van der Waals surface area contributed by atoms with Gasteiger partial charge in [-0.3, -0.25) is 0 Å². The van der Waals surface area contributed by atoms with Crippen molar-refractivity contribution in [2.45, 2.75) is 45.6 Å². The smallest absolute Gasteiger partial charge is 0.0596 e. The summed E-state index contributed by atoms with van der Waals surface area (Å²) >= 11 is 0. The lowest BCUT2D eigenvalue weighted by atomic mass is 9.69. The molecule has 0 spiro atoms. The summed E-state index contributed by atoms with van der Waals surface area (Å²) in [5, 5.41) is 18.9. The van der Waals surface area contributed by atoms with Crippen LogP contribution in [0.2, 0.25) is 0 Å². The Bertz CT molecular complexity index is 213. The molecule has 0 bridgehead atoms. The van der Waals surface area contributed by atoms with Gasteiger partial charge in [-0.05, 0) is 43.9 Å². The number of hydrogen-bond donors (Lipinski definition) is 2. The maximum atomic E-state index is 10.0. The van der Waals surface area contributed by atoms with Gasteiger partial charge in [0.05, 0.1) is 6.10 Å². The van der Waals surface area contributed by atoms with E-state index >= 15 is 0 Å². The van der Waals surface area contributed by atoms with Gasteiger partial charge in [0.15, 0.2) is 0 Å². The van der Waals surface area contributed by atoms with Gasteiger partial charge in [0, 0.05) is 6.61 Å². The van der Waals surface area contributed by atoms with E-state index in [0.29, 0.717) is 24.2 Å². The highest BCUT2D eigenvalue weighted by Crippen LogP contribution is 2.39. The number of hydrogen-bond acceptors (Lipinski definition) is 2. The summed E-state index contributed by atoms with van der Waals surface area (Å²) in [6, 6.07) is 0.